The zero-order chi connectivity index (χ0) is 13.5. The molecule has 0 aromatic heterocycles. The largest absolute Gasteiger partial charge is 0.336 e. The third kappa shape index (κ3) is 4.04. The lowest BCUT2D eigenvalue weighted by Crippen LogP contribution is -2.48. The number of benzene rings is 1. The second-order valence-corrected chi connectivity index (χ2v) is 5.00. The fourth-order valence-electron chi connectivity index (χ4n) is 2.42. The zero-order valence-corrected chi connectivity index (χ0v) is 11.4. The Kier molecular flexibility index (Phi) is 5.36. The van der Waals surface area contributed by atoms with Crippen molar-refractivity contribution in [3.63, 3.8) is 0 Å². The van der Waals surface area contributed by atoms with E-state index < -0.39 is 0 Å². The normalized spacial score (nSPS) is 16.6. The first-order valence-corrected chi connectivity index (χ1v) is 7.08. The summed E-state index contributed by atoms with van der Waals surface area (Å²) in [5.74, 6) is 0.155. The van der Waals surface area contributed by atoms with E-state index in [1.54, 1.807) is 0 Å². The van der Waals surface area contributed by atoms with Gasteiger partial charge in [0.05, 0.1) is 0 Å². The van der Waals surface area contributed by atoms with Gasteiger partial charge in [0, 0.05) is 31.7 Å². The van der Waals surface area contributed by atoms with Gasteiger partial charge < -0.3 is 10.6 Å². The van der Waals surface area contributed by atoms with Crippen molar-refractivity contribution in [2.45, 2.75) is 12.8 Å². The number of piperazine rings is 1. The van der Waals surface area contributed by atoms with Gasteiger partial charge in [-0.2, -0.15) is 0 Å². The minimum atomic E-state index is 0.155. The molecule has 19 heavy (non-hydrogen) atoms. The Bertz CT molecular complexity index is 386. The molecule has 2 rings (SSSR count). The standard InChI is InChI=1S/C15H23N3O/c16-8-4-5-9-17-10-12-18(13-11-17)15(19)14-6-2-1-3-7-14/h1-3,6-7H,4-5,8-13,16H2. The van der Waals surface area contributed by atoms with E-state index >= 15 is 0 Å². The van der Waals surface area contributed by atoms with Gasteiger partial charge in [0.1, 0.15) is 0 Å². The van der Waals surface area contributed by atoms with Gasteiger partial charge in [-0.15, -0.1) is 0 Å². The molecule has 1 aromatic rings. The molecular formula is C15H23N3O. The molecule has 1 saturated heterocycles. The van der Waals surface area contributed by atoms with E-state index in [-0.39, 0.29) is 5.91 Å². The Morgan fingerprint density at radius 2 is 1.74 bits per heavy atom. The topological polar surface area (TPSA) is 49.6 Å². The fourth-order valence-corrected chi connectivity index (χ4v) is 2.42. The highest BCUT2D eigenvalue weighted by molar-refractivity contribution is 5.94. The van der Waals surface area contributed by atoms with Gasteiger partial charge in [0.15, 0.2) is 0 Å². The highest BCUT2D eigenvalue weighted by Crippen LogP contribution is 2.09. The summed E-state index contributed by atoms with van der Waals surface area (Å²) in [6.45, 7) is 5.48. The van der Waals surface area contributed by atoms with Gasteiger partial charge in [-0.25, -0.2) is 0 Å². The van der Waals surface area contributed by atoms with Crippen molar-refractivity contribution < 1.29 is 4.79 Å². The maximum Gasteiger partial charge on any atom is 0.253 e. The summed E-state index contributed by atoms with van der Waals surface area (Å²) in [6.07, 6.45) is 2.24. The first-order chi connectivity index (χ1) is 9.31. The van der Waals surface area contributed by atoms with Crippen LogP contribution in [0.3, 0.4) is 0 Å². The van der Waals surface area contributed by atoms with Crippen LogP contribution in [0, 0.1) is 0 Å². The molecule has 0 aliphatic carbocycles. The molecule has 0 spiro atoms. The van der Waals surface area contributed by atoms with Crippen LogP contribution in [-0.4, -0.2) is 55.0 Å². The van der Waals surface area contributed by atoms with Crippen LogP contribution >= 0.6 is 0 Å². The SMILES string of the molecule is NCCCCN1CCN(C(=O)c2ccccc2)CC1. The van der Waals surface area contributed by atoms with E-state index in [2.05, 4.69) is 4.90 Å². The molecule has 1 aliphatic rings. The minimum Gasteiger partial charge on any atom is -0.336 e. The lowest BCUT2D eigenvalue weighted by atomic mass is 10.2. The molecule has 1 aliphatic heterocycles. The van der Waals surface area contributed by atoms with Gasteiger partial charge in [-0.1, -0.05) is 18.2 Å². The Morgan fingerprint density at radius 1 is 1.05 bits per heavy atom. The highest BCUT2D eigenvalue weighted by Gasteiger charge is 2.21. The lowest BCUT2D eigenvalue weighted by Gasteiger charge is -2.34. The van der Waals surface area contributed by atoms with Gasteiger partial charge in [0.25, 0.3) is 5.91 Å². The summed E-state index contributed by atoms with van der Waals surface area (Å²) >= 11 is 0. The van der Waals surface area contributed by atoms with Crippen LogP contribution < -0.4 is 5.73 Å². The maximum atomic E-state index is 12.3. The average Bonchev–Trinajstić information content (AvgIpc) is 2.48. The molecule has 0 atom stereocenters. The number of rotatable bonds is 5. The van der Waals surface area contributed by atoms with E-state index in [0.717, 1.165) is 57.7 Å². The monoisotopic (exact) mass is 261 g/mol. The van der Waals surface area contributed by atoms with Crippen molar-refractivity contribution in [3.8, 4) is 0 Å². The van der Waals surface area contributed by atoms with Crippen molar-refractivity contribution in [2.75, 3.05) is 39.3 Å². The Morgan fingerprint density at radius 3 is 2.37 bits per heavy atom. The number of nitrogens with two attached hydrogens (primary N) is 1. The van der Waals surface area contributed by atoms with Crippen LogP contribution in [0.2, 0.25) is 0 Å². The molecule has 0 radical (unpaired) electrons. The molecule has 1 amide bonds. The Labute approximate surface area is 115 Å². The number of carbonyl (C=O) groups is 1. The first kappa shape index (κ1) is 14.0. The molecule has 0 unspecified atom stereocenters. The second kappa shape index (κ2) is 7.26. The first-order valence-electron chi connectivity index (χ1n) is 7.08. The van der Waals surface area contributed by atoms with Crippen molar-refractivity contribution in [1.82, 2.24) is 9.80 Å². The molecule has 1 fully saturated rings. The van der Waals surface area contributed by atoms with Gasteiger partial charge >= 0.3 is 0 Å². The van der Waals surface area contributed by atoms with Crippen LogP contribution in [0.4, 0.5) is 0 Å². The second-order valence-electron chi connectivity index (χ2n) is 5.00. The maximum absolute atomic E-state index is 12.3. The number of hydrogen-bond donors (Lipinski definition) is 1. The van der Waals surface area contributed by atoms with Crippen molar-refractivity contribution in [1.29, 1.82) is 0 Å². The van der Waals surface area contributed by atoms with Crippen molar-refractivity contribution in [3.05, 3.63) is 35.9 Å². The van der Waals surface area contributed by atoms with E-state index in [4.69, 9.17) is 5.73 Å². The molecule has 4 nitrogen and oxygen atoms in total. The predicted octanol–water partition coefficient (Wildman–Crippen LogP) is 1.18. The molecule has 1 aromatic carbocycles. The molecule has 0 bridgehead atoms. The van der Waals surface area contributed by atoms with Crippen LogP contribution in [0.25, 0.3) is 0 Å². The van der Waals surface area contributed by atoms with E-state index in [0.29, 0.717) is 0 Å². The van der Waals surface area contributed by atoms with Gasteiger partial charge in [-0.3, -0.25) is 9.69 Å². The van der Waals surface area contributed by atoms with E-state index in [9.17, 15) is 4.79 Å². The van der Waals surface area contributed by atoms with Crippen LogP contribution in [-0.2, 0) is 0 Å². The molecule has 1 heterocycles. The van der Waals surface area contributed by atoms with Crippen molar-refractivity contribution in [2.24, 2.45) is 5.73 Å². The number of carbonyl (C=O) groups excluding carboxylic acids is 1. The summed E-state index contributed by atoms with van der Waals surface area (Å²) in [5, 5.41) is 0. The lowest BCUT2D eigenvalue weighted by molar-refractivity contribution is 0.0635. The molecule has 104 valence electrons. The number of nitrogens with zero attached hydrogens (tertiary/aromatic N) is 2. The van der Waals surface area contributed by atoms with Crippen LogP contribution in [0.15, 0.2) is 30.3 Å². The van der Waals surface area contributed by atoms with E-state index in [1.165, 1.54) is 0 Å². The molecule has 0 saturated carbocycles. The summed E-state index contributed by atoms with van der Waals surface area (Å²) in [5.41, 5.74) is 6.29. The smallest absolute Gasteiger partial charge is 0.253 e. The third-order valence-corrected chi connectivity index (χ3v) is 3.61. The van der Waals surface area contributed by atoms with Crippen molar-refractivity contribution >= 4 is 5.91 Å². The predicted molar refractivity (Wildman–Crippen MR) is 77.1 cm³/mol. The third-order valence-electron chi connectivity index (χ3n) is 3.61. The summed E-state index contributed by atoms with van der Waals surface area (Å²) in [7, 11) is 0. The number of amides is 1. The minimum absolute atomic E-state index is 0.155. The number of unbranched alkanes of at least 4 members (excludes halogenated alkanes) is 1. The Hall–Kier alpha value is -1.39. The quantitative estimate of drug-likeness (QED) is 0.810. The Balaban J connectivity index is 1.78. The summed E-state index contributed by atoms with van der Waals surface area (Å²) in [6, 6.07) is 9.53. The highest BCUT2D eigenvalue weighted by atomic mass is 16.2. The molecule has 2 N–H and O–H groups in total. The van der Waals surface area contributed by atoms with Crippen LogP contribution in [0.1, 0.15) is 23.2 Å². The van der Waals surface area contributed by atoms with Gasteiger partial charge in [-0.05, 0) is 38.1 Å². The molecule has 4 heteroatoms. The van der Waals surface area contributed by atoms with Crippen LogP contribution in [0.5, 0.6) is 0 Å². The average molecular weight is 261 g/mol. The summed E-state index contributed by atoms with van der Waals surface area (Å²) < 4.78 is 0. The molecular weight excluding hydrogens is 238 g/mol. The van der Waals surface area contributed by atoms with E-state index in [1.807, 2.05) is 35.2 Å². The number of hydrogen-bond acceptors (Lipinski definition) is 3. The summed E-state index contributed by atoms with van der Waals surface area (Å²) in [4.78, 5) is 16.6. The van der Waals surface area contributed by atoms with Gasteiger partial charge in [0.2, 0.25) is 0 Å². The fraction of sp³-hybridized carbons (Fsp3) is 0.533. The zero-order valence-electron chi connectivity index (χ0n) is 11.4.